The fraction of sp³-hybridized carbons (Fsp3) is 1.00. The Balaban J connectivity index is 2.14. The number of nitrogens with zero attached hydrogens (tertiary/aromatic N) is 1. The lowest BCUT2D eigenvalue weighted by atomic mass is 10.2. The molecule has 0 atom stereocenters. The van der Waals surface area contributed by atoms with Crippen LogP contribution in [0.3, 0.4) is 0 Å². The summed E-state index contributed by atoms with van der Waals surface area (Å²) in [4.78, 5) is 2.28. The van der Waals surface area contributed by atoms with Crippen molar-refractivity contribution in [1.82, 2.24) is 4.90 Å². The van der Waals surface area contributed by atoms with E-state index >= 15 is 0 Å². The quantitative estimate of drug-likeness (QED) is 0.426. The molecule has 1 aliphatic rings. The van der Waals surface area contributed by atoms with Crippen LogP contribution in [0.1, 0.15) is 0 Å². The van der Waals surface area contributed by atoms with Gasteiger partial charge < -0.3 is 5.32 Å². The van der Waals surface area contributed by atoms with Gasteiger partial charge in [0.15, 0.2) is 0 Å². The SMILES string of the molecule is CN(C)C1C[NH2+]C1. The van der Waals surface area contributed by atoms with Gasteiger partial charge in [0.05, 0.1) is 13.1 Å². The Morgan fingerprint density at radius 3 is 2.00 bits per heavy atom. The summed E-state index contributed by atoms with van der Waals surface area (Å²) in [7, 11) is 4.27. The third kappa shape index (κ3) is 0.924. The molecule has 0 spiro atoms. The van der Waals surface area contributed by atoms with Crippen molar-refractivity contribution >= 4 is 0 Å². The number of nitrogens with two attached hydrogens (primary N) is 1. The Bertz CT molecular complexity index is 57.1. The van der Waals surface area contributed by atoms with Crippen molar-refractivity contribution in [3.05, 3.63) is 0 Å². The molecule has 1 rings (SSSR count). The van der Waals surface area contributed by atoms with Crippen LogP contribution in [0.2, 0.25) is 0 Å². The summed E-state index contributed by atoms with van der Waals surface area (Å²) in [5.74, 6) is 0. The molecular formula is C5H13N2+. The van der Waals surface area contributed by atoms with Crippen molar-refractivity contribution in [2.24, 2.45) is 0 Å². The molecule has 0 amide bonds. The van der Waals surface area contributed by atoms with Crippen LogP contribution in [-0.2, 0) is 0 Å². The van der Waals surface area contributed by atoms with Crippen molar-refractivity contribution in [3.63, 3.8) is 0 Å². The topological polar surface area (TPSA) is 19.9 Å². The maximum Gasteiger partial charge on any atom is 0.108 e. The minimum atomic E-state index is 0.861. The Hall–Kier alpha value is -0.0800. The Kier molecular flexibility index (Phi) is 1.30. The van der Waals surface area contributed by atoms with E-state index in [0.717, 1.165) is 6.04 Å². The van der Waals surface area contributed by atoms with Crippen LogP contribution in [0.25, 0.3) is 0 Å². The van der Waals surface area contributed by atoms with Gasteiger partial charge in [0.2, 0.25) is 0 Å². The zero-order valence-electron chi connectivity index (χ0n) is 5.02. The first kappa shape index (κ1) is 5.06. The van der Waals surface area contributed by atoms with Gasteiger partial charge in [-0.25, -0.2) is 0 Å². The van der Waals surface area contributed by atoms with Crippen LogP contribution in [0.15, 0.2) is 0 Å². The molecule has 0 aromatic rings. The molecule has 2 heteroatoms. The van der Waals surface area contributed by atoms with E-state index in [1.807, 2.05) is 0 Å². The van der Waals surface area contributed by atoms with Gasteiger partial charge in [0.25, 0.3) is 0 Å². The summed E-state index contributed by atoms with van der Waals surface area (Å²) < 4.78 is 0. The van der Waals surface area contributed by atoms with Gasteiger partial charge in [-0.15, -0.1) is 0 Å². The molecule has 0 aromatic carbocycles. The molecule has 2 N–H and O–H groups in total. The van der Waals surface area contributed by atoms with Crippen LogP contribution >= 0.6 is 0 Å². The number of likely N-dealkylation sites (N-methyl/N-ethyl adjacent to an activating group) is 1. The molecule has 0 bridgehead atoms. The third-order valence-electron chi connectivity index (χ3n) is 1.61. The minimum absolute atomic E-state index is 0.861. The first-order chi connectivity index (χ1) is 3.30. The molecule has 1 aliphatic heterocycles. The van der Waals surface area contributed by atoms with E-state index in [1.54, 1.807) is 0 Å². The first-order valence-corrected chi connectivity index (χ1v) is 2.79. The van der Waals surface area contributed by atoms with Crippen LogP contribution in [-0.4, -0.2) is 38.1 Å². The van der Waals surface area contributed by atoms with E-state index in [2.05, 4.69) is 24.3 Å². The molecule has 0 unspecified atom stereocenters. The zero-order chi connectivity index (χ0) is 5.28. The minimum Gasteiger partial charge on any atom is -0.343 e. The molecule has 7 heavy (non-hydrogen) atoms. The van der Waals surface area contributed by atoms with Crippen LogP contribution in [0.5, 0.6) is 0 Å². The maximum absolute atomic E-state index is 2.32. The van der Waals surface area contributed by atoms with E-state index < -0.39 is 0 Å². The van der Waals surface area contributed by atoms with Gasteiger partial charge in [-0.2, -0.15) is 0 Å². The van der Waals surface area contributed by atoms with Gasteiger partial charge >= 0.3 is 0 Å². The summed E-state index contributed by atoms with van der Waals surface area (Å²) in [6.45, 7) is 2.60. The predicted molar refractivity (Wildman–Crippen MR) is 29.1 cm³/mol. The number of quaternary nitrogens is 1. The van der Waals surface area contributed by atoms with Gasteiger partial charge in [-0.3, -0.25) is 4.90 Å². The van der Waals surface area contributed by atoms with Crippen molar-refractivity contribution in [2.45, 2.75) is 6.04 Å². The lowest BCUT2D eigenvalue weighted by Gasteiger charge is -2.28. The molecule has 0 saturated carbocycles. The molecule has 0 aromatic heterocycles. The van der Waals surface area contributed by atoms with E-state index in [-0.39, 0.29) is 0 Å². The normalized spacial score (nSPS) is 22.7. The van der Waals surface area contributed by atoms with Crippen LogP contribution < -0.4 is 5.32 Å². The lowest BCUT2D eigenvalue weighted by Crippen LogP contribution is -2.99. The molecule has 2 nitrogen and oxygen atoms in total. The Labute approximate surface area is 44.5 Å². The average molecular weight is 101 g/mol. The summed E-state index contributed by atoms with van der Waals surface area (Å²) in [6, 6.07) is 0.861. The largest absolute Gasteiger partial charge is 0.343 e. The molecule has 1 saturated heterocycles. The van der Waals surface area contributed by atoms with Crippen molar-refractivity contribution in [1.29, 1.82) is 0 Å². The van der Waals surface area contributed by atoms with Gasteiger partial charge in [0.1, 0.15) is 6.04 Å². The number of rotatable bonds is 1. The second kappa shape index (κ2) is 1.80. The summed E-state index contributed by atoms with van der Waals surface area (Å²) in [6.07, 6.45) is 0. The van der Waals surface area contributed by atoms with Crippen molar-refractivity contribution in [3.8, 4) is 0 Å². The molecular weight excluding hydrogens is 88.1 g/mol. The fourth-order valence-electron chi connectivity index (χ4n) is 0.737. The van der Waals surface area contributed by atoms with Crippen molar-refractivity contribution < 1.29 is 5.32 Å². The van der Waals surface area contributed by atoms with Gasteiger partial charge in [-0.05, 0) is 14.1 Å². The molecule has 1 heterocycles. The highest BCUT2D eigenvalue weighted by Crippen LogP contribution is 1.88. The fourth-order valence-corrected chi connectivity index (χ4v) is 0.737. The molecule has 0 radical (unpaired) electrons. The van der Waals surface area contributed by atoms with E-state index in [1.165, 1.54) is 13.1 Å². The van der Waals surface area contributed by atoms with Crippen LogP contribution in [0.4, 0.5) is 0 Å². The number of hydrogen-bond donors (Lipinski definition) is 1. The Morgan fingerprint density at radius 2 is 2.00 bits per heavy atom. The Morgan fingerprint density at radius 1 is 1.43 bits per heavy atom. The average Bonchev–Trinajstić information content (AvgIpc) is 1.23. The second-order valence-corrected chi connectivity index (χ2v) is 2.38. The zero-order valence-corrected chi connectivity index (χ0v) is 5.02. The number of hydrogen-bond acceptors (Lipinski definition) is 1. The first-order valence-electron chi connectivity index (χ1n) is 2.79. The smallest absolute Gasteiger partial charge is 0.108 e. The van der Waals surface area contributed by atoms with Gasteiger partial charge in [0, 0.05) is 0 Å². The van der Waals surface area contributed by atoms with E-state index in [4.69, 9.17) is 0 Å². The summed E-state index contributed by atoms with van der Waals surface area (Å²) >= 11 is 0. The highest BCUT2D eigenvalue weighted by molar-refractivity contribution is 4.66. The summed E-state index contributed by atoms with van der Waals surface area (Å²) in [5.41, 5.74) is 0. The standard InChI is InChI=1S/C5H12N2/c1-7(2)5-3-6-4-5/h5-6H,3-4H2,1-2H3/p+1. The maximum atomic E-state index is 2.32. The second-order valence-electron chi connectivity index (χ2n) is 2.38. The molecule has 1 fully saturated rings. The van der Waals surface area contributed by atoms with Crippen molar-refractivity contribution in [2.75, 3.05) is 27.2 Å². The van der Waals surface area contributed by atoms with Crippen LogP contribution in [0, 0.1) is 0 Å². The molecule has 42 valence electrons. The molecule has 0 aliphatic carbocycles. The van der Waals surface area contributed by atoms with E-state index in [9.17, 15) is 0 Å². The highest BCUT2D eigenvalue weighted by atomic mass is 15.2. The van der Waals surface area contributed by atoms with Gasteiger partial charge in [-0.1, -0.05) is 0 Å². The lowest BCUT2D eigenvalue weighted by molar-refractivity contribution is -0.716. The predicted octanol–water partition coefficient (Wildman–Crippen LogP) is -1.51. The summed E-state index contributed by atoms with van der Waals surface area (Å²) in [5, 5.41) is 2.32. The third-order valence-corrected chi connectivity index (χ3v) is 1.61. The monoisotopic (exact) mass is 101 g/mol. The highest BCUT2D eigenvalue weighted by Gasteiger charge is 2.22. The van der Waals surface area contributed by atoms with E-state index in [0.29, 0.717) is 0 Å².